The molecule has 0 atom stereocenters. The number of anilines is 1. The standard InChI is InChI=1S/C20H17Cl3N4O3/c1-2-27-9-16(17(26-27)19(24)28)25-20(29)12-5-3-4-11(6-12)10-30-18-14(22)7-13(21)8-15(18)23/h3-9H,2,10H2,1H3,(H2,24,28)(H,25,29). The summed E-state index contributed by atoms with van der Waals surface area (Å²) in [5, 5.41) is 7.69. The molecule has 0 saturated heterocycles. The van der Waals surface area contributed by atoms with Gasteiger partial charge in [0.05, 0.1) is 15.7 Å². The second-order valence-corrected chi connectivity index (χ2v) is 7.50. The van der Waals surface area contributed by atoms with E-state index in [0.717, 1.165) is 0 Å². The number of aryl methyl sites for hydroxylation is 1. The minimum atomic E-state index is -0.726. The van der Waals surface area contributed by atoms with Gasteiger partial charge in [-0.1, -0.05) is 46.9 Å². The number of rotatable bonds is 7. The van der Waals surface area contributed by atoms with E-state index in [-0.39, 0.29) is 28.0 Å². The number of aromatic nitrogens is 2. The third-order valence-corrected chi connectivity index (χ3v) is 4.88. The molecule has 3 N–H and O–H groups in total. The van der Waals surface area contributed by atoms with Crippen molar-refractivity contribution in [3.63, 3.8) is 0 Å². The van der Waals surface area contributed by atoms with Crippen LogP contribution in [0, 0.1) is 0 Å². The Labute approximate surface area is 187 Å². The largest absolute Gasteiger partial charge is 0.486 e. The highest BCUT2D eigenvalue weighted by Gasteiger charge is 2.17. The van der Waals surface area contributed by atoms with Crippen LogP contribution >= 0.6 is 34.8 Å². The van der Waals surface area contributed by atoms with Gasteiger partial charge in [-0.2, -0.15) is 5.10 Å². The number of carbonyl (C=O) groups excluding carboxylic acids is 2. The van der Waals surface area contributed by atoms with Crippen molar-refractivity contribution in [2.75, 3.05) is 5.32 Å². The first-order valence-corrected chi connectivity index (χ1v) is 9.96. The van der Waals surface area contributed by atoms with E-state index in [9.17, 15) is 9.59 Å². The van der Waals surface area contributed by atoms with Crippen molar-refractivity contribution in [1.29, 1.82) is 0 Å². The molecular weight excluding hydrogens is 451 g/mol. The Morgan fingerprint density at radius 3 is 2.50 bits per heavy atom. The van der Waals surface area contributed by atoms with Gasteiger partial charge in [-0.05, 0) is 36.8 Å². The molecule has 2 amide bonds. The van der Waals surface area contributed by atoms with E-state index in [4.69, 9.17) is 45.3 Å². The fourth-order valence-corrected chi connectivity index (χ4v) is 3.60. The zero-order valence-corrected chi connectivity index (χ0v) is 18.1. The van der Waals surface area contributed by atoms with Gasteiger partial charge in [-0.25, -0.2) is 0 Å². The number of halogens is 3. The third kappa shape index (κ3) is 5.05. The number of nitrogens with zero attached hydrogens (tertiary/aromatic N) is 2. The Balaban J connectivity index is 1.75. The Hall–Kier alpha value is -2.74. The first kappa shape index (κ1) is 22.0. The molecule has 0 saturated carbocycles. The van der Waals surface area contributed by atoms with Crippen molar-refractivity contribution < 1.29 is 14.3 Å². The lowest BCUT2D eigenvalue weighted by Gasteiger charge is -2.11. The highest BCUT2D eigenvalue weighted by Crippen LogP contribution is 2.36. The van der Waals surface area contributed by atoms with Crippen LogP contribution in [0.2, 0.25) is 15.1 Å². The van der Waals surface area contributed by atoms with Gasteiger partial charge < -0.3 is 15.8 Å². The molecule has 1 aromatic heterocycles. The number of hydrogen-bond acceptors (Lipinski definition) is 4. The molecule has 10 heteroatoms. The molecule has 0 aliphatic rings. The molecule has 2 aromatic carbocycles. The fraction of sp³-hybridized carbons (Fsp3) is 0.150. The zero-order chi connectivity index (χ0) is 21.8. The Kier molecular flexibility index (Phi) is 6.87. The maximum atomic E-state index is 12.7. The van der Waals surface area contributed by atoms with E-state index in [0.29, 0.717) is 28.4 Å². The van der Waals surface area contributed by atoms with Crippen molar-refractivity contribution >= 4 is 52.3 Å². The summed E-state index contributed by atoms with van der Waals surface area (Å²) < 4.78 is 7.21. The predicted octanol–water partition coefficient (Wildman–Crippen LogP) is 4.79. The Morgan fingerprint density at radius 2 is 1.87 bits per heavy atom. The SMILES string of the molecule is CCn1cc(NC(=O)c2cccc(COc3c(Cl)cc(Cl)cc3Cl)c2)c(C(N)=O)n1. The summed E-state index contributed by atoms with van der Waals surface area (Å²) in [5.41, 5.74) is 6.66. The molecule has 30 heavy (non-hydrogen) atoms. The summed E-state index contributed by atoms with van der Waals surface area (Å²) in [4.78, 5) is 24.2. The van der Waals surface area contributed by atoms with E-state index < -0.39 is 11.8 Å². The minimum Gasteiger partial charge on any atom is -0.486 e. The van der Waals surface area contributed by atoms with Crippen LogP contribution in [0.25, 0.3) is 0 Å². The number of primary amides is 1. The van der Waals surface area contributed by atoms with Crippen LogP contribution in [0.15, 0.2) is 42.6 Å². The van der Waals surface area contributed by atoms with Crippen LogP contribution in [0.3, 0.4) is 0 Å². The van der Waals surface area contributed by atoms with Crippen molar-refractivity contribution in [3.8, 4) is 5.75 Å². The summed E-state index contributed by atoms with van der Waals surface area (Å²) in [6.07, 6.45) is 1.55. The summed E-state index contributed by atoms with van der Waals surface area (Å²) in [6.45, 7) is 2.51. The molecule has 0 aliphatic heterocycles. The Morgan fingerprint density at radius 1 is 1.17 bits per heavy atom. The highest BCUT2D eigenvalue weighted by atomic mass is 35.5. The van der Waals surface area contributed by atoms with Gasteiger partial charge in [0.2, 0.25) is 0 Å². The van der Waals surface area contributed by atoms with E-state index in [1.807, 2.05) is 6.92 Å². The average molecular weight is 468 g/mol. The van der Waals surface area contributed by atoms with E-state index in [1.165, 1.54) is 16.8 Å². The quantitative estimate of drug-likeness (QED) is 0.521. The number of carbonyl (C=O) groups is 2. The van der Waals surface area contributed by atoms with E-state index in [2.05, 4.69) is 10.4 Å². The Bertz CT molecular complexity index is 1090. The highest BCUT2D eigenvalue weighted by molar-refractivity contribution is 6.40. The lowest BCUT2D eigenvalue weighted by molar-refractivity contribution is 0.0995. The number of hydrogen-bond donors (Lipinski definition) is 2. The van der Waals surface area contributed by atoms with Crippen molar-refractivity contribution in [1.82, 2.24) is 9.78 Å². The monoisotopic (exact) mass is 466 g/mol. The second-order valence-electron chi connectivity index (χ2n) is 6.25. The van der Waals surface area contributed by atoms with Crippen LogP contribution < -0.4 is 15.8 Å². The maximum Gasteiger partial charge on any atom is 0.271 e. The minimum absolute atomic E-state index is 0.00305. The summed E-state index contributed by atoms with van der Waals surface area (Å²) in [7, 11) is 0. The molecule has 0 bridgehead atoms. The van der Waals surface area contributed by atoms with Crippen molar-refractivity contribution in [2.45, 2.75) is 20.1 Å². The van der Waals surface area contributed by atoms with Gasteiger partial charge in [0.1, 0.15) is 6.61 Å². The first-order chi connectivity index (χ1) is 14.3. The molecule has 0 radical (unpaired) electrons. The van der Waals surface area contributed by atoms with Gasteiger partial charge in [-0.15, -0.1) is 0 Å². The van der Waals surface area contributed by atoms with Gasteiger partial charge in [0.15, 0.2) is 11.4 Å². The van der Waals surface area contributed by atoms with Crippen LogP contribution in [0.4, 0.5) is 5.69 Å². The normalized spacial score (nSPS) is 10.7. The van der Waals surface area contributed by atoms with Gasteiger partial charge in [-0.3, -0.25) is 14.3 Å². The van der Waals surface area contributed by atoms with Crippen LogP contribution in [-0.4, -0.2) is 21.6 Å². The summed E-state index contributed by atoms with van der Waals surface area (Å²) in [6, 6.07) is 9.85. The molecule has 7 nitrogen and oxygen atoms in total. The summed E-state index contributed by atoms with van der Waals surface area (Å²) in [5.74, 6) is -0.843. The molecule has 3 rings (SSSR count). The fourth-order valence-electron chi connectivity index (χ4n) is 2.68. The second kappa shape index (κ2) is 9.38. The van der Waals surface area contributed by atoms with Crippen LogP contribution in [0.1, 0.15) is 33.3 Å². The van der Waals surface area contributed by atoms with Crippen LogP contribution in [-0.2, 0) is 13.2 Å². The lowest BCUT2D eigenvalue weighted by Crippen LogP contribution is -2.18. The van der Waals surface area contributed by atoms with Crippen molar-refractivity contribution in [2.24, 2.45) is 5.73 Å². The third-order valence-electron chi connectivity index (χ3n) is 4.10. The molecule has 3 aromatic rings. The topological polar surface area (TPSA) is 99.2 Å². The smallest absolute Gasteiger partial charge is 0.271 e. The molecule has 0 aliphatic carbocycles. The molecular formula is C20H17Cl3N4O3. The van der Waals surface area contributed by atoms with Gasteiger partial charge >= 0.3 is 0 Å². The van der Waals surface area contributed by atoms with Gasteiger partial charge in [0, 0.05) is 23.3 Å². The van der Waals surface area contributed by atoms with E-state index >= 15 is 0 Å². The molecule has 0 spiro atoms. The van der Waals surface area contributed by atoms with Crippen molar-refractivity contribution in [3.05, 3.63) is 74.5 Å². The molecule has 0 fully saturated rings. The molecule has 156 valence electrons. The average Bonchev–Trinajstić information content (AvgIpc) is 3.10. The maximum absolute atomic E-state index is 12.7. The number of ether oxygens (including phenoxy) is 1. The predicted molar refractivity (Wildman–Crippen MR) is 117 cm³/mol. The number of nitrogens with one attached hydrogen (secondary N) is 1. The number of benzene rings is 2. The molecule has 1 heterocycles. The summed E-state index contributed by atoms with van der Waals surface area (Å²) >= 11 is 18.1. The van der Waals surface area contributed by atoms with Crippen LogP contribution in [0.5, 0.6) is 5.75 Å². The number of nitrogens with two attached hydrogens (primary N) is 1. The van der Waals surface area contributed by atoms with E-state index in [1.54, 1.807) is 30.5 Å². The molecule has 0 unspecified atom stereocenters. The lowest BCUT2D eigenvalue weighted by atomic mass is 10.1. The van der Waals surface area contributed by atoms with Gasteiger partial charge in [0.25, 0.3) is 11.8 Å². The zero-order valence-electron chi connectivity index (χ0n) is 15.8. The first-order valence-electron chi connectivity index (χ1n) is 8.83. The number of amides is 2.